The average molecular weight is 187 g/mol. The lowest BCUT2D eigenvalue weighted by Crippen LogP contribution is -2.37. The Morgan fingerprint density at radius 2 is 2.08 bits per heavy atom. The summed E-state index contributed by atoms with van der Waals surface area (Å²) in [4.78, 5) is 10.8. The van der Waals surface area contributed by atoms with Crippen LogP contribution >= 0.6 is 0 Å². The van der Waals surface area contributed by atoms with Gasteiger partial charge in [0.25, 0.3) is 0 Å². The van der Waals surface area contributed by atoms with Crippen LogP contribution in [0.3, 0.4) is 0 Å². The Kier molecular flexibility index (Phi) is 5.35. The first kappa shape index (κ1) is 12.1. The second-order valence-electron chi connectivity index (χ2n) is 3.42. The molecular formula is C10H18FNO. The monoisotopic (exact) mass is 187 g/mol. The molecule has 76 valence electrons. The van der Waals surface area contributed by atoms with Crippen molar-refractivity contribution in [3.05, 3.63) is 11.9 Å². The van der Waals surface area contributed by atoms with E-state index in [9.17, 15) is 9.18 Å². The molecule has 13 heavy (non-hydrogen) atoms. The van der Waals surface area contributed by atoms with Gasteiger partial charge in [0, 0.05) is 6.92 Å². The van der Waals surface area contributed by atoms with E-state index in [1.165, 1.54) is 13.0 Å². The van der Waals surface area contributed by atoms with Crippen molar-refractivity contribution in [3.63, 3.8) is 0 Å². The maximum Gasteiger partial charge on any atom is 0.217 e. The zero-order valence-corrected chi connectivity index (χ0v) is 8.73. The minimum atomic E-state index is -0.475. The van der Waals surface area contributed by atoms with Gasteiger partial charge >= 0.3 is 0 Å². The molecule has 2 nitrogen and oxygen atoms in total. The minimum Gasteiger partial charge on any atom is -0.347 e. The van der Waals surface area contributed by atoms with E-state index in [1.54, 1.807) is 0 Å². The lowest BCUT2D eigenvalue weighted by molar-refractivity contribution is -0.119. The predicted octanol–water partition coefficient (Wildman–Crippen LogP) is 2.41. The van der Waals surface area contributed by atoms with Crippen LogP contribution in [0.1, 0.15) is 34.1 Å². The molecule has 0 aromatic rings. The highest BCUT2D eigenvalue weighted by molar-refractivity contribution is 5.73. The molecule has 0 spiro atoms. The van der Waals surface area contributed by atoms with E-state index < -0.39 is 6.04 Å². The Bertz CT molecular complexity index is 199. The van der Waals surface area contributed by atoms with Gasteiger partial charge in [-0.15, -0.1) is 0 Å². The van der Waals surface area contributed by atoms with Crippen LogP contribution in [0.25, 0.3) is 0 Å². The molecule has 0 aliphatic rings. The molecule has 1 N–H and O–H groups in total. The van der Waals surface area contributed by atoms with Crippen LogP contribution < -0.4 is 5.32 Å². The van der Waals surface area contributed by atoms with Crippen molar-refractivity contribution in [1.29, 1.82) is 0 Å². The molecule has 0 saturated heterocycles. The summed E-state index contributed by atoms with van der Waals surface area (Å²) < 4.78 is 13.3. The molecule has 0 rings (SSSR count). The van der Waals surface area contributed by atoms with Crippen LogP contribution in [0.5, 0.6) is 0 Å². The van der Waals surface area contributed by atoms with Crippen molar-refractivity contribution in [2.24, 2.45) is 5.92 Å². The van der Waals surface area contributed by atoms with E-state index in [2.05, 4.69) is 5.32 Å². The number of rotatable bonds is 4. The highest BCUT2D eigenvalue weighted by atomic mass is 19.1. The number of hydrogen-bond donors (Lipinski definition) is 1. The van der Waals surface area contributed by atoms with E-state index in [0.717, 1.165) is 0 Å². The fourth-order valence-electron chi connectivity index (χ4n) is 1.10. The minimum absolute atomic E-state index is 0.0756. The Morgan fingerprint density at radius 1 is 1.54 bits per heavy atom. The fourth-order valence-corrected chi connectivity index (χ4v) is 1.10. The molecule has 3 heteroatoms. The Labute approximate surface area is 79.2 Å². The number of halogens is 1. The molecule has 0 saturated carbocycles. The first-order valence-corrected chi connectivity index (χ1v) is 4.61. The van der Waals surface area contributed by atoms with E-state index in [4.69, 9.17) is 0 Å². The highest BCUT2D eigenvalue weighted by Crippen LogP contribution is 2.14. The topological polar surface area (TPSA) is 29.1 Å². The van der Waals surface area contributed by atoms with Crippen molar-refractivity contribution >= 4 is 5.91 Å². The normalized spacial score (nSPS) is 14.5. The van der Waals surface area contributed by atoms with Gasteiger partial charge in [0.1, 0.15) is 5.83 Å². The van der Waals surface area contributed by atoms with Crippen molar-refractivity contribution in [2.75, 3.05) is 0 Å². The third-order valence-corrected chi connectivity index (χ3v) is 1.72. The van der Waals surface area contributed by atoms with Gasteiger partial charge in [-0.1, -0.05) is 26.8 Å². The van der Waals surface area contributed by atoms with Gasteiger partial charge in [0.15, 0.2) is 0 Å². The molecule has 0 bridgehead atoms. The van der Waals surface area contributed by atoms with E-state index in [0.29, 0.717) is 6.42 Å². The third kappa shape index (κ3) is 4.65. The van der Waals surface area contributed by atoms with Crippen molar-refractivity contribution in [3.8, 4) is 0 Å². The molecule has 0 aromatic heterocycles. The van der Waals surface area contributed by atoms with Gasteiger partial charge in [-0.2, -0.15) is 0 Å². The van der Waals surface area contributed by atoms with E-state index in [-0.39, 0.29) is 17.7 Å². The summed E-state index contributed by atoms with van der Waals surface area (Å²) in [6.45, 7) is 7.02. The van der Waals surface area contributed by atoms with Crippen LogP contribution in [0.4, 0.5) is 4.39 Å². The molecule has 1 atom stereocenters. The largest absolute Gasteiger partial charge is 0.347 e. The molecular weight excluding hydrogens is 169 g/mol. The van der Waals surface area contributed by atoms with Gasteiger partial charge in [0.2, 0.25) is 5.91 Å². The van der Waals surface area contributed by atoms with E-state index in [1.807, 2.05) is 20.8 Å². The van der Waals surface area contributed by atoms with Crippen LogP contribution in [0, 0.1) is 5.92 Å². The second kappa shape index (κ2) is 5.73. The number of nitrogens with one attached hydrogen (secondary N) is 1. The first-order valence-electron chi connectivity index (χ1n) is 4.61. The summed E-state index contributed by atoms with van der Waals surface area (Å²) in [5.74, 6) is -0.363. The Morgan fingerprint density at radius 3 is 2.38 bits per heavy atom. The SMILES string of the molecule is CC/C=C(\F)[C@@H](NC(C)=O)C(C)C. The summed E-state index contributed by atoms with van der Waals surface area (Å²) in [5, 5.41) is 2.58. The quantitative estimate of drug-likeness (QED) is 0.719. The standard InChI is InChI=1S/C10H18FNO/c1-5-6-9(11)10(7(2)3)12-8(4)13/h6-7,10H,5H2,1-4H3,(H,12,13)/b9-6-/t10-/m0/s1. The number of hydrogen-bond acceptors (Lipinski definition) is 1. The van der Waals surface area contributed by atoms with Crippen molar-refractivity contribution in [1.82, 2.24) is 5.32 Å². The molecule has 0 fully saturated rings. The van der Waals surface area contributed by atoms with Gasteiger partial charge < -0.3 is 5.32 Å². The van der Waals surface area contributed by atoms with Crippen molar-refractivity contribution < 1.29 is 9.18 Å². The van der Waals surface area contributed by atoms with Gasteiger partial charge in [-0.3, -0.25) is 4.79 Å². The number of carbonyl (C=O) groups excluding carboxylic acids is 1. The lowest BCUT2D eigenvalue weighted by atomic mass is 10.0. The fraction of sp³-hybridized carbons (Fsp3) is 0.700. The third-order valence-electron chi connectivity index (χ3n) is 1.72. The number of amides is 1. The summed E-state index contributed by atoms with van der Waals surface area (Å²) >= 11 is 0. The van der Waals surface area contributed by atoms with Crippen LogP contribution in [0.15, 0.2) is 11.9 Å². The maximum absolute atomic E-state index is 13.3. The van der Waals surface area contributed by atoms with Crippen molar-refractivity contribution in [2.45, 2.75) is 40.2 Å². The smallest absolute Gasteiger partial charge is 0.217 e. The Balaban J connectivity index is 4.41. The summed E-state index contributed by atoms with van der Waals surface area (Å²) in [6.07, 6.45) is 2.15. The second-order valence-corrected chi connectivity index (χ2v) is 3.42. The summed E-state index contributed by atoms with van der Waals surface area (Å²) in [7, 11) is 0. The van der Waals surface area contributed by atoms with E-state index >= 15 is 0 Å². The maximum atomic E-state index is 13.3. The average Bonchev–Trinajstić information content (AvgIpc) is 1.99. The number of allylic oxidation sites excluding steroid dienone is 1. The number of carbonyl (C=O) groups is 1. The van der Waals surface area contributed by atoms with Crippen LogP contribution in [0.2, 0.25) is 0 Å². The summed E-state index contributed by atoms with van der Waals surface area (Å²) in [5.41, 5.74) is 0. The first-order chi connectivity index (χ1) is 5.99. The molecule has 0 radical (unpaired) electrons. The van der Waals surface area contributed by atoms with Gasteiger partial charge in [0.05, 0.1) is 6.04 Å². The molecule has 1 amide bonds. The zero-order chi connectivity index (χ0) is 10.4. The van der Waals surface area contributed by atoms with Crippen LogP contribution in [-0.4, -0.2) is 11.9 Å². The molecule has 0 aliphatic carbocycles. The molecule has 0 heterocycles. The highest BCUT2D eigenvalue weighted by Gasteiger charge is 2.18. The lowest BCUT2D eigenvalue weighted by Gasteiger charge is -2.19. The summed E-state index contributed by atoms with van der Waals surface area (Å²) in [6, 6.07) is -0.475. The van der Waals surface area contributed by atoms with Gasteiger partial charge in [-0.25, -0.2) is 4.39 Å². The molecule has 0 aliphatic heterocycles. The van der Waals surface area contributed by atoms with Gasteiger partial charge in [-0.05, 0) is 12.3 Å². The molecule has 0 unspecified atom stereocenters. The zero-order valence-electron chi connectivity index (χ0n) is 8.73. The molecule has 0 aromatic carbocycles. The van der Waals surface area contributed by atoms with Crippen LogP contribution in [-0.2, 0) is 4.79 Å². The Hall–Kier alpha value is -0.860. The predicted molar refractivity (Wildman–Crippen MR) is 51.9 cm³/mol.